The van der Waals surface area contributed by atoms with Crippen molar-refractivity contribution >= 4 is 28.4 Å². The van der Waals surface area contributed by atoms with Gasteiger partial charge in [-0.15, -0.1) is 0 Å². The number of aromatic nitrogens is 2. The maximum atomic E-state index is 13.4. The molecule has 9 heteroatoms. The molecule has 1 saturated heterocycles. The van der Waals surface area contributed by atoms with Crippen molar-refractivity contribution in [1.82, 2.24) is 14.9 Å². The molecule has 7 nitrogen and oxygen atoms in total. The molecule has 2 aromatic heterocycles. The first kappa shape index (κ1) is 20.8. The van der Waals surface area contributed by atoms with E-state index in [-0.39, 0.29) is 14.3 Å². The van der Waals surface area contributed by atoms with Crippen LogP contribution >= 0.6 is 0 Å². The summed E-state index contributed by atoms with van der Waals surface area (Å²) in [7, 11) is 0. The molecular formula is C22H25F2N5O2. The van der Waals surface area contributed by atoms with Gasteiger partial charge in [0.05, 0.1) is 22.3 Å². The number of rotatable bonds is 4. The number of nitrogens with one attached hydrogen (secondary N) is 1. The number of hydrogen-bond donors (Lipinski definition) is 1. The fourth-order valence-electron chi connectivity index (χ4n) is 4.01. The third-order valence-corrected chi connectivity index (χ3v) is 5.94. The summed E-state index contributed by atoms with van der Waals surface area (Å²) in [5, 5.41) is 10.5. The minimum atomic E-state index is -2.92. The zero-order valence-electron chi connectivity index (χ0n) is 17.2. The Labute approximate surface area is 180 Å². The summed E-state index contributed by atoms with van der Waals surface area (Å²) < 4.78 is 31.8. The van der Waals surface area contributed by atoms with Crippen LogP contribution in [-0.2, 0) is 4.74 Å². The highest BCUT2D eigenvalue weighted by Gasteiger charge is 2.51. The number of hydrogen-bond acceptors (Lipinski definition) is 5. The van der Waals surface area contributed by atoms with Crippen LogP contribution in [0.3, 0.4) is 0 Å². The Bertz CT molecular complexity index is 1100. The van der Waals surface area contributed by atoms with Crippen LogP contribution in [0.25, 0.3) is 16.6 Å². The van der Waals surface area contributed by atoms with Gasteiger partial charge in [-0.2, -0.15) is 5.26 Å². The highest BCUT2D eigenvalue weighted by Crippen LogP contribution is 2.40. The number of nitrogens with zero attached hydrogens (tertiary/aromatic N) is 4. The molecule has 1 aliphatic carbocycles. The van der Waals surface area contributed by atoms with Crippen molar-refractivity contribution < 1.29 is 19.7 Å². The second-order valence-electron chi connectivity index (χ2n) is 7.63. The van der Waals surface area contributed by atoms with Gasteiger partial charge in [0.1, 0.15) is 11.7 Å². The molecule has 4 rings (SSSR count). The number of amides is 1. The van der Waals surface area contributed by atoms with E-state index >= 15 is 0 Å². The molecule has 0 aromatic carbocycles. The minimum Gasteiger partial charge on any atom is -0.440 e. The van der Waals surface area contributed by atoms with E-state index in [0.29, 0.717) is 48.5 Å². The van der Waals surface area contributed by atoms with Gasteiger partial charge in [-0.1, -0.05) is 18.7 Å². The molecule has 0 spiro atoms. The molecule has 164 valence electrons. The Morgan fingerprint density at radius 2 is 2.19 bits per heavy atom. The molecule has 1 saturated carbocycles. The van der Waals surface area contributed by atoms with Crippen LogP contribution in [0, 0.1) is 11.3 Å². The lowest BCUT2D eigenvalue weighted by atomic mass is 9.91. The topological polar surface area (TPSA) is 85.2 Å². The summed E-state index contributed by atoms with van der Waals surface area (Å²) in [6.45, 7) is 7.33. The number of allylic oxidation sites excluding steroid dienone is 3. The fourth-order valence-corrected chi connectivity index (χ4v) is 4.01. The number of ether oxygens (including phenoxy) is 1. The number of halogens is 2. The van der Waals surface area contributed by atoms with Crippen molar-refractivity contribution in [2.75, 3.05) is 31.1 Å². The molecule has 0 bridgehead atoms. The maximum absolute atomic E-state index is 13.4. The number of carbonyl (C=O) groups excluding carboxylic acids is 1. The molecule has 3 heterocycles. The Morgan fingerprint density at radius 1 is 1.45 bits per heavy atom. The third kappa shape index (κ3) is 3.63. The SMILES string of the molecule is C=C/C(=C\C)c1[nH]c2nccc(N3CCN(C(=O)O[C@H]4CCC4(F)F)CC3)c2c1C#N.[HH]. The average Bonchev–Trinajstić information content (AvgIpc) is 3.16. The quantitative estimate of drug-likeness (QED) is 0.732. The predicted octanol–water partition coefficient (Wildman–Crippen LogP) is 4.33. The number of anilines is 1. The molecule has 2 aromatic rings. The van der Waals surface area contributed by atoms with E-state index in [1.165, 1.54) is 4.90 Å². The Kier molecular flexibility index (Phi) is 5.39. The number of alkyl halides is 2. The average molecular weight is 429 g/mol. The molecule has 0 radical (unpaired) electrons. The monoisotopic (exact) mass is 429 g/mol. The first-order chi connectivity index (χ1) is 14.9. The lowest BCUT2D eigenvalue weighted by Crippen LogP contribution is -2.53. The first-order valence-corrected chi connectivity index (χ1v) is 10.2. The minimum absolute atomic E-state index is 0. The van der Waals surface area contributed by atoms with Crippen molar-refractivity contribution in [1.29, 1.82) is 5.26 Å². The van der Waals surface area contributed by atoms with Crippen molar-refractivity contribution in [3.05, 3.63) is 42.3 Å². The summed E-state index contributed by atoms with van der Waals surface area (Å²) in [4.78, 5) is 23.4. The number of pyridine rings is 1. The lowest BCUT2D eigenvalue weighted by Gasteiger charge is -2.39. The van der Waals surface area contributed by atoms with Crippen molar-refractivity contribution in [3.8, 4) is 6.07 Å². The molecular weight excluding hydrogens is 404 g/mol. The lowest BCUT2D eigenvalue weighted by molar-refractivity contribution is -0.179. The summed E-state index contributed by atoms with van der Waals surface area (Å²) in [6.07, 6.45) is 3.16. The molecule has 1 amide bonds. The van der Waals surface area contributed by atoms with Gasteiger partial charge in [0.25, 0.3) is 5.92 Å². The smallest absolute Gasteiger partial charge is 0.410 e. The second-order valence-corrected chi connectivity index (χ2v) is 7.63. The summed E-state index contributed by atoms with van der Waals surface area (Å²) in [5.74, 6) is -2.92. The number of aromatic amines is 1. The van der Waals surface area contributed by atoms with E-state index in [9.17, 15) is 18.8 Å². The van der Waals surface area contributed by atoms with Gasteiger partial charge in [0, 0.05) is 40.2 Å². The zero-order chi connectivity index (χ0) is 22.2. The molecule has 1 atom stereocenters. The van der Waals surface area contributed by atoms with E-state index < -0.39 is 18.1 Å². The van der Waals surface area contributed by atoms with E-state index in [1.54, 1.807) is 12.3 Å². The van der Waals surface area contributed by atoms with Crippen molar-refractivity contribution in [3.63, 3.8) is 0 Å². The molecule has 31 heavy (non-hydrogen) atoms. The van der Waals surface area contributed by atoms with Crippen LogP contribution < -0.4 is 4.90 Å². The van der Waals surface area contributed by atoms with Crippen LogP contribution in [0.5, 0.6) is 0 Å². The summed E-state index contributed by atoms with van der Waals surface area (Å²) in [5.41, 5.74) is 3.39. The second kappa shape index (κ2) is 8.02. The number of carbonyl (C=O) groups is 1. The number of fused-ring (bicyclic) bond motifs is 1. The molecule has 2 aliphatic rings. The summed E-state index contributed by atoms with van der Waals surface area (Å²) in [6, 6.07) is 4.11. The van der Waals surface area contributed by atoms with Crippen LogP contribution in [0.15, 0.2) is 31.0 Å². The largest absolute Gasteiger partial charge is 0.440 e. The van der Waals surface area contributed by atoms with Gasteiger partial charge in [-0.05, 0) is 25.0 Å². The van der Waals surface area contributed by atoms with E-state index in [4.69, 9.17) is 4.74 Å². The van der Waals surface area contributed by atoms with Gasteiger partial charge >= 0.3 is 6.09 Å². The standard InChI is InChI=1S/C22H23F2N5O2.H2/c1-3-14(4-2)19-15(13-25)18-16(6-8-26-20(18)27-19)28-9-11-29(12-10-28)21(30)31-17-5-7-22(17,23)24;/h3-4,6,8,17H,1,5,7,9-12H2,2H3,(H,26,27);1H/b14-4+;/t17-;/m0./s1. The molecule has 1 N–H and O–H groups in total. The number of piperazine rings is 1. The Balaban J connectivity index is 0.00000289. The maximum Gasteiger partial charge on any atom is 0.410 e. The van der Waals surface area contributed by atoms with E-state index in [0.717, 1.165) is 11.3 Å². The van der Waals surface area contributed by atoms with Gasteiger partial charge in [0.15, 0.2) is 6.10 Å². The fraction of sp³-hybridized carbons (Fsp3) is 0.409. The van der Waals surface area contributed by atoms with Crippen LogP contribution in [-0.4, -0.2) is 59.2 Å². The highest BCUT2D eigenvalue weighted by atomic mass is 19.3. The zero-order valence-corrected chi connectivity index (χ0v) is 17.2. The van der Waals surface area contributed by atoms with Gasteiger partial charge < -0.3 is 19.5 Å². The number of H-pyrrole nitrogens is 1. The van der Waals surface area contributed by atoms with E-state index in [1.807, 2.05) is 19.1 Å². The predicted molar refractivity (Wildman–Crippen MR) is 115 cm³/mol. The Hall–Kier alpha value is -3.41. The highest BCUT2D eigenvalue weighted by molar-refractivity contribution is 5.99. The van der Waals surface area contributed by atoms with Gasteiger partial charge in [-0.25, -0.2) is 18.6 Å². The molecule has 1 aliphatic heterocycles. The third-order valence-electron chi connectivity index (χ3n) is 5.94. The Morgan fingerprint density at radius 3 is 2.74 bits per heavy atom. The van der Waals surface area contributed by atoms with Crippen LogP contribution in [0.1, 0.15) is 32.4 Å². The normalized spacial score (nSPS) is 20.8. The molecule has 2 fully saturated rings. The van der Waals surface area contributed by atoms with Crippen molar-refractivity contribution in [2.45, 2.75) is 31.8 Å². The molecule has 0 unspecified atom stereocenters. The summed E-state index contributed by atoms with van der Waals surface area (Å²) >= 11 is 0. The van der Waals surface area contributed by atoms with Gasteiger partial charge in [-0.3, -0.25) is 0 Å². The first-order valence-electron chi connectivity index (χ1n) is 10.2. The number of nitriles is 1. The van der Waals surface area contributed by atoms with E-state index in [2.05, 4.69) is 27.5 Å². The van der Waals surface area contributed by atoms with Crippen molar-refractivity contribution in [2.24, 2.45) is 0 Å². The van der Waals surface area contributed by atoms with Crippen LogP contribution in [0.2, 0.25) is 0 Å². The van der Waals surface area contributed by atoms with Crippen LogP contribution in [0.4, 0.5) is 19.3 Å². The van der Waals surface area contributed by atoms with Gasteiger partial charge in [0.2, 0.25) is 0 Å².